The lowest BCUT2D eigenvalue weighted by Gasteiger charge is -2.09. The molecule has 3 N–H and O–H groups in total. The molecule has 0 spiro atoms. The maximum Gasteiger partial charge on any atom is 0.288 e. The molecule has 1 heterocycles. The Morgan fingerprint density at radius 2 is 1.96 bits per heavy atom. The van der Waals surface area contributed by atoms with Crippen LogP contribution >= 0.6 is 23.2 Å². The van der Waals surface area contributed by atoms with E-state index < -0.39 is 22.4 Å². The van der Waals surface area contributed by atoms with Crippen molar-refractivity contribution in [3.05, 3.63) is 67.4 Å². The van der Waals surface area contributed by atoms with Crippen molar-refractivity contribution in [2.45, 2.75) is 13.3 Å². The van der Waals surface area contributed by atoms with E-state index in [2.05, 4.69) is 5.32 Å². The third kappa shape index (κ3) is 3.51. The average Bonchev–Trinajstić information content (AvgIpc) is 2.91. The van der Waals surface area contributed by atoms with Crippen LogP contribution in [0.1, 0.15) is 21.7 Å². The van der Waals surface area contributed by atoms with E-state index in [-0.39, 0.29) is 22.0 Å². The summed E-state index contributed by atoms with van der Waals surface area (Å²) in [4.78, 5) is 34.4. The van der Waals surface area contributed by atoms with Crippen LogP contribution in [0.4, 0.5) is 11.4 Å². The lowest BCUT2D eigenvalue weighted by molar-refractivity contribution is -0.384. The third-order valence-corrected chi connectivity index (χ3v) is 4.81. The molecule has 0 unspecified atom stereocenters. The summed E-state index contributed by atoms with van der Waals surface area (Å²) in [5.41, 5.74) is 5.85. The molecule has 2 amide bonds. The van der Waals surface area contributed by atoms with Gasteiger partial charge in [0.1, 0.15) is 10.8 Å². The number of hydrogen-bond acceptors (Lipinski definition) is 5. The number of primary amides is 1. The van der Waals surface area contributed by atoms with Gasteiger partial charge in [0.15, 0.2) is 5.58 Å². The second kappa shape index (κ2) is 7.49. The standard InChI is InChI=1S/C18H13Cl2N3O5/c1-8-10(7-14(21)24)9-3-2-4-12(17(9)28-8)22-18(25)15-11(19)5-6-13(16(15)20)23(26)27/h2-6H,7H2,1H3,(H2,21,24)(H,22,25). The lowest BCUT2D eigenvalue weighted by atomic mass is 10.1. The molecule has 3 aromatic rings. The van der Waals surface area contributed by atoms with E-state index in [0.717, 1.165) is 6.07 Å². The number of fused-ring (bicyclic) bond motifs is 1. The molecule has 144 valence electrons. The Balaban J connectivity index is 2.05. The van der Waals surface area contributed by atoms with Gasteiger partial charge >= 0.3 is 0 Å². The number of nitro groups is 1. The van der Waals surface area contributed by atoms with Gasteiger partial charge in [-0.2, -0.15) is 0 Å². The molecule has 0 atom stereocenters. The number of hydrogen-bond donors (Lipinski definition) is 2. The monoisotopic (exact) mass is 421 g/mol. The van der Waals surface area contributed by atoms with E-state index in [4.69, 9.17) is 33.4 Å². The van der Waals surface area contributed by atoms with Crippen LogP contribution in [0, 0.1) is 17.0 Å². The summed E-state index contributed by atoms with van der Waals surface area (Å²) < 4.78 is 5.69. The average molecular weight is 422 g/mol. The van der Waals surface area contributed by atoms with Crippen molar-refractivity contribution in [3.63, 3.8) is 0 Å². The third-order valence-electron chi connectivity index (χ3n) is 4.11. The van der Waals surface area contributed by atoms with Gasteiger partial charge in [0.05, 0.1) is 27.6 Å². The predicted molar refractivity (Wildman–Crippen MR) is 105 cm³/mol. The number of nitrogens with one attached hydrogen (secondary N) is 1. The van der Waals surface area contributed by atoms with Gasteiger partial charge in [-0.3, -0.25) is 19.7 Å². The largest absolute Gasteiger partial charge is 0.459 e. The van der Waals surface area contributed by atoms with Crippen LogP contribution in [-0.4, -0.2) is 16.7 Å². The quantitative estimate of drug-likeness (QED) is 0.470. The topological polar surface area (TPSA) is 128 Å². The van der Waals surface area contributed by atoms with Crippen LogP contribution in [0.3, 0.4) is 0 Å². The highest BCUT2D eigenvalue weighted by molar-refractivity contribution is 6.41. The SMILES string of the molecule is Cc1oc2c(NC(=O)c3c(Cl)ccc([N+](=O)[O-])c3Cl)cccc2c1CC(N)=O. The van der Waals surface area contributed by atoms with Gasteiger partial charge < -0.3 is 15.5 Å². The zero-order chi connectivity index (χ0) is 20.6. The molecule has 1 aromatic heterocycles. The number of carbonyl (C=O) groups excluding carboxylic acids is 2. The zero-order valence-electron chi connectivity index (χ0n) is 14.4. The van der Waals surface area contributed by atoms with E-state index in [0.29, 0.717) is 28.0 Å². The molecule has 0 radical (unpaired) electrons. The van der Waals surface area contributed by atoms with E-state index in [1.807, 2.05) is 0 Å². The number of nitrogens with zero attached hydrogens (tertiary/aromatic N) is 1. The smallest absolute Gasteiger partial charge is 0.288 e. The minimum absolute atomic E-state index is 0.0151. The lowest BCUT2D eigenvalue weighted by Crippen LogP contribution is -2.14. The van der Waals surface area contributed by atoms with E-state index in [9.17, 15) is 19.7 Å². The molecule has 0 fully saturated rings. The number of benzene rings is 2. The fraction of sp³-hybridized carbons (Fsp3) is 0.111. The van der Waals surface area contributed by atoms with Gasteiger partial charge in [-0.15, -0.1) is 0 Å². The van der Waals surface area contributed by atoms with Gasteiger partial charge in [-0.1, -0.05) is 35.3 Å². The molecule has 8 nitrogen and oxygen atoms in total. The van der Waals surface area contributed by atoms with Crippen molar-refractivity contribution < 1.29 is 18.9 Å². The Morgan fingerprint density at radius 3 is 2.61 bits per heavy atom. The van der Waals surface area contributed by atoms with Crippen LogP contribution in [0.15, 0.2) is 34.7 Å². The van der Waals surface area contributed by atoms with Crippen LogP contribution in [0.5, 0.6) is 0 Å². The van der Waals surface area contributed by atoms with Gasteiger partial charge in [0.2, 0.25) is 5.91 Å². The van der Waals surface area contributed by atoms with Crippen molar-refractivity contribution in [3.8, 4) is 0 Å². The molecule has 0 aliphatic heterocycles. The number of halogens is 2. The number of rotatable bonds is 5. The first-order chi connectivity index (χ1) is 13.2. The van der Waals surface area contributed by atoms with E-state index in [1.165, 1.54) is 6.07 Å². The number of carbonyl (C=O) groups is 2. The molecule has 2 aromatic carbocycles. The Hall–Kier alpha value is -3.10. The Bertz CT molecular complexity index is 1140. The second-order valence-corrected chi connectivity index (χ2v) is 6.71. The van der Waals surface area contributed by atoms with Crippen LogP contribution in [0.2, 0.25) is 10.0 Å². The highest BCUT2D eigenvalue weighted by atomic mass is 35.5. The Morgan fingerprint density at radius 1 is 1.25 bits per heavy atom. The molecular weight excluding hydrogens is 409 g/mol. The fourth-order valence-corrected chi connectivity index (χ4v) is 3.47. The molecule has 0 saturated heterocycles. The molecule has 28 heavy (non-hydrogen) atoms. The maximum atomic E-state index is 12.7. The first-order valence-corrected chi connectivity index (χ1v) is 8.69. The van der Waals surface area contributed by atoms with Crippen LogP contribution in [0.25, 0.3) is 11.0 Å². The molecular formula is C18H13Cl2N3O5. The molecule has 0 aliphatic rings. The molecule has 0 saturated carbocycles. The minimum atomic E-state index is -0.739. The second-order valence-electron chi connectivity index (χ2n) is 5.93. The number of nitrogens with two attached hydrogens (primary N) is 1. The number of anilines is 1. The van der Waals surface area contributed by atoms with Gasteiger partial charge in [-0.25, -0.2) is 0 Å². The normalized spacial score (nSPS) is 10.8. The summed E-state index contributed by atoms with van der Waals surface area (Å²) in [5, 5.41) is 13.9. The number of aryl methyl sites for hydroxylation is 1. The summed E-state index contributed by atoms with van der Waals surface area (Å²) in [5.74, 6) is -0.769. The van der Waals surface area contributed by atoms with Crippen molar-refractivity contribution in [1.29, 1.82) is 0 Å². The molecule has 0 aliphatic carbocycles. The first kappa shape index (κ1) is 19.7. The molecule has 3 rings (SSSR count). The predicted octanol–water partition coefficient (Wildman–Crippen LogP) is 4.24. The van der Waals surface area contributed by atoms with Crippen molar-refractivity contribution >= 4 is 57.4 Å². The van der Waals surface area contributed by atoms with Crippen LogP contribution < -0.4 is 11.1 Å². The van der Waals surface area contributed by atoms with Crippen molar-refractivity contribution in [2.24, 2.45) is 5.73 Å². The summed E-state index contributed by atoms with van der Waals surface area (Å²) in [6.07, 6.45) is -0.0151. The number of para-hydroxylation sites is 1. The maximum absolute atomic E-state index is 12.7. The molecule has 0 bridgehead atoms. The summed E-state index contributed by atoms with van der Waals surface area (Å²) >= 11 is 12.0. The Labute approximate surface area is 168 Å². The van der Waals surface area contributed by atoms with Crippen LogP contribution in [-0.2, 0) is 11.2 Å². The summed E-state index contributed by atoms with van der Waals surface area (Å²) in [7, 11) is 0. The van der Waals surface area contributed by atoms with Gasteiger partial charge in [0.25, 0.3) is 11.6 Å². The van der Waals surface area contributed by atoms with E-state index in [1.54, 1.807) is 25.1 Å². The Kier molecular flexibility index (Phi) is 5.26. The summed E-state index contributed by atoms with van der Waals surface area (Å²) in [6, 6.07) is 7.31. The number of furan rings is 1. The first-order valence-electron chi connectivity index (χ1n) is 7.93. The molecule has 10 heteroatoms. The van der Waals surface area contributed by atoms with Gasteiger partial charge in [0, 0.05) is 17.0 Å². The highest BCUT2D eigenvalue weighted by Crippen LogP contribution is 2.35. The van der Waals surface area contributed by atoms with E-state index >= 15 is 0 Å². The highest BCUT2D eigenvalue weighted by Gasteiger charge is 2.25. The zero-order valence-corrected chi connectivity index (χ0v) is 15.9. The van der Waals surface area contributed by atoms with Gasteiger partial charge in [-0.05, 0) is 19.1 Å². The summed E-state index contributed by atoms with van der Waals surface area (Å²) in [6.45, 7) is 1.68. The van der Waals surface area contributed by atoms with Crippen molar-refractivity contribution in [1.82, 2.24) is 0 Å². The number of nitro benzene ring substituents is 1. The van der Waals surface area contributed by atoms with Crippen molar-refractivity contribution in [2.75, 3.05) is 5.32 Å². The number of amides is 2. The fourth-order valence-electron chi connectivity index (χ4n) is 2.86. The minimum Gasteiger partial charge on any atom is -0.459 e.